The van der Waals surface area contributed by atoms with Crippen LogP contribution in [0.1, 0.15) is 50.0 Å². The molecule has 152 valence electrons. The second-order valence-corrected chi connectivity index (χ2v) is 7.59. The molecule has 5 heteroatoms. The Labute approximate surface area is 176 Å². The Kier molecular flexibility index (Phi) is 5.61. The molecule has 2 aromatic carbocycles. The number of anilines is 1. The predicted molar refractivity (Wildman–Crippen MR) is 118 cm³/mol. The summed E-state index contributed by atoms with van der Waals surface area (Å²) in [5.41, 5.74) is 6.10. The van der Waals surface area contributed by atoms with Crippen molar-refractivity contribution >= 4 is 17.5 Å². The van der Waals surface area contributed by atoms with Crippen molar-refractivity contribution in [2.75, 3.05) is 11.9 Å². The molecule has 0 spiro atoms. The first-order valence-electron chi connectivity index (χ1n) is 10.3. The second-order valence-electron chi connectivity index (χ2n) is 7.59. The third-order valence-corrected chi connectivity index (χ3v) is 5.64. The molecule has 0 fully saturated rings. The molecule has 0 saturated carbocycles. The number of carbonyl (C=O) groups excluding carboxylic acids is 2. The Morgan fingerprint density at radius 3 is 2.67 bits per heavy atom. The zero-order chi connectivity index (χ0) is 21.1. The first-order chi connectivity index (χ1) is 14.6. The monoisotopic (exact) mass is 399 g/mol. The second kappa shape index (κ2) is 8.49. The van der Waals surface area contributed by atoms with Gasteiger partial charge >= 0.3 is 0 Å². The Balaban J connectivity index is 1.53. The molecule has 1 aliphatic heterocycles. The Morgan fingerprint density at radius 1 is 1.07 bits per heavy atom. The van der Waals surface area contributed by atoms with E-state index in [4.69, 9.17) is 0 Å². The van der Waals surface area contributed by atoms with Gasteiger partial charge < -0.3 is 10.2 Å². The van der Waals surface area contributed by atoms with Gasteiger partial charge in [-0.15, -0.1) is 0 Å². The summed E-state index contributed by atoms with van der Waals surface area (Å²) in [5.74, 6) is -0.385. The highest BCUT2D eigenvalue weighted by Crippen LogP contribution is 2.23. The molecule has 0 unspecified atom stereocenters. The van der Waals surface area contributed by atoms with Crippen LogP contribution in [-0.2, 0) is 19.4 Å². The van der Waals surface area contributed by atoms with Gasteiger partial charge in [0.05, 0.1) is 0 Å². The van der Waals surface area contributed by atoms with E-state index in [2.05, 4.69) is 29.4 Å². The van der Waals surface area contributed by atoms with Crippen molar-refractivity contribution in [2.45, 2.75) is 33.2 Å². The lowest BCUT2D eigenvalue weighted by atomic mass is 9.99. The molecule has 1 aromatic heterocycles. The summed E-state index contributed by atoms with van der Waals surface area (Å²) in [6, 6.07) is 17.4. The van der Waals surface area contributed by atoms with E-state index in [1.54, 1.807) is 17.0 Å². The van der Waals surface area contributed by atoms with Crippen molar-refractivity contribution in [2.24, 2.45) is 0 Å². The average Bonchev–Trinajstić information content (AvgIpc) is 2.79. The lowest BCUT2D eigenvalue weighted by molar-refractivity contribution is 0.0728. The number of fused-ring (bicyclic) bond motifs is 1. The fourth-order valence-electron chi connectivity index (χ4n) is 3.91. The molecule has 0 saturated heterocycles. The minimum atomic E-state index is -0.237. The lowest BCUT2D eigenvalue weighted by Gasteiger charge is -2.28. The van der Waals surface area contributed by atoms with Gasteiger partial charge in [0.2, 0.25) is 0 Å². The van der Waals surface area contributed by atoms with E-state index >= 15 is 0 Å². The van der Waals surface area contributed by atoms with Gasteiger partial charge in [0, 0.05) is 30.5 Å². The van der Waals surface area contributed by atoms with E-state index in [1.165, 1.54) is 11.8 Å². The molecular weight excluding hydrogens is 374 g/mol. The number of nitrogens with zero attached hydrogens (tertiary/aromatic N) is 2. The largest absolute Gasteiger partial charge is 0.333 e. The predicted octanol–water partition coefficient (Wildman–Crippen LogP) is 4.40. The van der Waals surface area contributed by atoms with Crippen LogP contribution in [0.4, 0.5) is 5.69 Å². The molecular formula is C25H25N3O2. The third kappa shape index (κ3) is 3.96. The summed E-state index contributed by atoms with van der Waals surface area (Å²) in [6.07, 6.45) is 3.18. The standard InChI is InChI=1S/C25H25N3O2/c1-3-18-10-6-7-17(2)23(18)27-24(29)20-11-13-26-22(15-20)25(30)28-14-12-19-8-4-5-9-21(19)16-28/h4-11,13,15H,3,12,14,16H2,1-2H3,(H,27,29). The molecule has 2 amide bonds. The fourth-order valence-corrected chi connectivity index (χ4v) is 3.91. The molecule has 0 radical (unpaired) electrons. The first kappa shape index (κ1) is 19.8. The number of aromatic nitrogens is 1. The Morgan fingerprint density at radius 2 is 1.87 bits per heavy atom. The van der Waals surface area contributed by atoms with Gasteiger partial charge in [0.1, 0.15) is 5.69 Å². The van der Waals surface area contributed by atoms with Crippen LogP contribution in [0.15, 0.2) is 60.8 Å². The molecule has 0 atom stereocenters. The number of amides is 2. The van der Waals surface area contributed by atoms with Crippen LogP contribution in [0.3, 0.4) is 0 Å². The van der Waals surface area contributed by atoms with Crippen LogP contribution in [0.25, 0.3) is 0 Å². The van der Waals surface area contributed by atoms with Crippen LogP contribution in [0.2, 0.25) is 0 Å². The molecule has 1 N–H and O–H groups in total. The molecule has 1 aliphatic rings. The van der Waals surface area contributed by atoms with Gasteiger partial charge in [-0.2, -0.15) is 0 Å². The summed E-state index contributed by atoms with van der Waals surface area (Å²) in [4.78, 5) is 31.9. The number of benzene rings is 2. The first-order valence-corrected chi connectivity index (χ1v) is 10.3. The lowest BCUT2D eigenvalue weighted by Crippen LogP contribution is -2.36. The van der Waals surface area contributed by atoms with Crippen molar-refractivity contribution in [3.63, 3.8) is 0 Å². The summed E-state index contributed by atoms with van der Waals surface area (Å²) < 4.78 is 0. The summed E-state index contributed by atoms with van der Waals surface area (Å²) in [5, 5.41) is 3.01. The molecule has 3 aromatic rings. The third-order valence-electron chi connectivity index (χ3n) is 5.64. The number of rotatable bonds is 4. The van der Waals surface area contributed by atoms with Crippen LogP contribution in [0, 0.1) is 6.92 Å². The summed E-state index contributed by atoms with van der Waals surface area (Å²) in [7, 11) is 0. The highest BCUT2D eigenvalue weighted by molar-refractivity contribution is 6.06. The van der Waals surface area contributed by atoms with E-state index in [-0.39, 0.29) is 11.8 Å². The number of hydrogen-bond donors (Lipinski definition) is 1. The molecule has 30 heavy (non-hydrogen) atoms. The Hall–Kier alpha value is -3.47. The van der Waals surface area contributed by atoms with Crippen LogP contribution in [-0.4, -0.2) is 28.2 Å². The summed E-state index contributed by atoms with van der Waals surface area (Å²) >= 11 is 0. The highest BCUT2D eigenvalue weighted by Gasteiger charge is 2.23. The maximum Gasteiger partial charge on any atom is 0.272 e. The molecule has 0 aliphatic carbocycles. The minimum Gasteiger partial charge on any atom is -0.333 e. The van der Waals surface area contributed by atoms with Crippen molar-refractivity contribution in [3.05, 3.63) is 94.3 Å². The van der Waals surface area contributed by atoms with Gasteiger partial charge in [-0.05, 0) is 54.2 Å². The smallest absolute Gasteiger partial charge is 0.272 e. The zero-order valence-electron chi connectivity index (χ0n) is 17.3. The van der Waals surface area contributed by atoms with Crippen LogP contribution < -0.4 is 5.32 Å². The average molecular weight is 399 g/mol. The van der Waals surface area contributed by atoms with Crippen molar-refractivity contribution in [1.29, 1.82) is 0 Å². The number of carbonyl (C=O) groups is 2. The molecule has 2 heterocycles. The number of pyridine rings is 1. The van der Waals surface area contributed by atoms with E-state index < -0.39 is 0 Å². The SMILES string of the molecule is CCc1cccc(C)c1NC(=O)c1ccnc(C(=O)N2CCc3ccccc3C2)c1. The van der Waals surface area contributed by atoms with E-state index in [9.17, 15) is 9.59 Å². The van der Waals surface area contributed by atoms with Gasteiger partial charge in [-0.1, -0.05) is 49.4 Å². The topological polar surface area (TPSA) is 62.3 Å². The highest BCUT2D eigenvalue weighted by atomic mass is 16.2. The Bertz CT molecular complexity index is 1110. The van der Waals surface area contributed by atoms with Crippen LogP contribution in [0.5, 0.6) is 0 Å². The zero-order valence-corrected chi connectivity index (χ0v) is 17.3. The maximum absolute atomic E-state index is 13.0. The minimum absolute atomic E-state index is 0.149. The molecule has 5 nitrogen and oxygen atoms in total. The van der Waals surface area contributed by atoms with E-state index in [0.717, 1.165) is 35.2 Å². The van der Waals surface area contributed by atoms with Gasteiger partial charge in [-0.25, -0.2) is 0 Å². The van der Waals surface area contributed by atoms with Gasteiger partial charge in [-0.3, -0.25) is 14.6 Å². The number of nitrogens with one attached hydrogen (secondary N) is 1. The van der Waals surface area contributed by atoms with Crippen LogP contribution >= 0.6 is 0 Å². The molecule has 4 rings (SSSR count). The van der Waals surface area contributed by atoms with E-state index in [1.807, 2.05) is 37.3 Å². The quantitative estimate of drug-likeness (QED) is 0.707. The molecule has 0 bridgehead atoms. The van der Waals surface area contributed by atoms with E-state index in [0.29, 0.717) is 24.3 Å². The fraction of sp³-hybridized carbons (Fsp3) is 0.240. The van der Waals surface area contributed by atoms with Crippen molar-refractivity contribution in [3.8, 4) is 0 Å². The number of hydrogen-bond acceptors (Lipinski definition) is 3. The van der Waals surface area contributed by atoms with Gasteiger partial charge in [0.15, 0.2) is 0 Å². The number of aryl methyl sites for hydroxylation is 2. The number of para-hydroxylation sites is 1. The maximum atomic E-state index is 13.0. The van der Waals surface area contributed by atoms with Crippen molar-refractivity contribution in [1.82, 2.24) is 9.88 Å². The summed E-state index contributed by atoms with van der Waals surface area (Å²) in [6.45, 7) is 5.25. The van der Waals surface area contributed by atoms with Gasteiger partial charge in [0.25, 0.3) is 11.8 Å². The normalized spacial score (nSPS) is 12.9. The van der Waals surface area contributed by atoms with Crippen molar-refractivity contribution < 1.29 is 9.59 Å².